The lowest BCUT2D eigenvalue weighted by Gasteiger charge is -2.35. The molecule has 0 amide bonds. The fourth-order valence-electron chi connectivity index (χ4n) is 2.91. The Morgan fingerprint density at radius 2 is 2.06 bits per heavy atom. The van der Waals surface area contributed by atoms with Crippen molar-refractivity contribution in [3.05, 3.63) is 17.5 Å². The van der Waals surface area contributed by atoms with E-state index in [0.717, 1.165) is 25.0 Å². The summed E-state index contributed by atoms with van der Waals surface area (Å²) < 4.78 is 1.96. The third-order valence-electron chi connectivity index (χ3n) is 3.90. The molecule has 2 rings (SSSR count). The molecule has 90 valence electrons. The summed E-state index contributed by atoms with van der Waals surface area (Å²) in [4.78, 5) is 0. The first kappa shape index (κ1) is 11.6. The Hall–Kier alpha value is -0.830. The van der Waals surface area contributed by atoms with Gasteiger partial charge in [-0.1, -0.05) is 19.3 Å². The summed E-state index contributed by atoms with van der Waals surface area (Å²) in [6.45, 7) is 2.34. The molecule has 0 aromatic carbocycles. The molecule has 1 heterocycles. The normalized spacial score (nSPS) is 19.9. The average Bonchev–Trinajstić information content (AvgIpc) is 2.59. The van der Waals surface area contributed by atoms with Crippen LogP contribution in [0.1, 0.15) is 43.5 Å². The molecule has 1 N–H and O–H groups in total. The van der Waals surface area contributed by atoms with Crippen LogP contribution in [0.4, 0.5) is 0 Å². The maximum absolute atomic E-state index is 9.67. The van der Waals surface area contributed by atoms with Crippen LogP contribution in [0.2, 0.25) is 0 Å². The maximum atomic E-state index is 9.67. The molecule has 16 heavy (non-hydrogen) atoms. The van der Waals surface area contributed by atoms with E-state index >= 15 is 0 Å². The third-order valence-corrected chi connectivity index (χ3v) is 3.90. The molecule has 3 heteroatoms. The van der Waals surface area contributed by atoms with Gasteiger partial charge in [-0.2, -0.15) is 5.10 Å². The number of rotatable bonds is 3. The van der Waals surface area contributed by atoms with Gasteiger partial charge in [0.2, 0.25) is 0 Å². The Labute approximate surface area is 97.5 Å². The summed E-state index contributed by atoms with van der Waals surface area (Å²) >= 11 is 0. The number of hydrogen-bond donors (Lipinski definition) is 1. The van der Waals surface area contributed by atoms with E-state index in [4.69, 9.17) is 0 Å². The Morgan fingerprint density at radius 1 is 1.38 bits per heavy atom. The second kappa shape index (κ2) is 4.58. The molecule has 1 aliphatic carbocycles. The lowest BCUT2D eigenvalue weighted by atomic mass is 9.72. The lowest BCUT2D eigenvalue weighted by molar-refractivity contribution is 0.0805. The Bertz CT molecular complexity index is 351. The summed E-state index contributed by atoms with van der Waals surface area (Å²) in [6.07, 6.45) is 7.14. The van der Waals surface area contributed by atoms with Crippen molar-refractivity contribution in [2.24, 2.45) is 12.5 Å². The molecular formula is C13H22N2O. The molecule has 1 aliphatic rings. The van der Waals surface area contributed by atoms with Gasteiger partial charge < -0.3 is 5.11 Å². The van der Waals surface area contributed by atoms with Crippen molar-refractivity contribution >= 4 is 0 Å². The molecule has 0 saturated heterocycles. The first-order valence-corrected chi connectivity index (χ1v) is 6.26. The van der Waals surface area contributed by atoms with Crippen LogP contribution in [-0.2, 0) is 13.5 Å². The minimum atomic E-state index is 0.123. The number of aliphatic hydroxyl groups is 1. The first-order valence-electron chi connectivity index (χ1n) is 6.26. The zero-order valence-corrected chi connectivity index (χ0v) is 10.4. The fourth-order valence-corrected chi connectivity index (χ4v) is 2.91. The van der Waals surface area contributed by atoms with Crippen molar-refractivity contribution in [3.63, 3.8) is 0 Å². The summed E-state index contributed by atoms with van der Waals surface area (Å²) in [5.74, 6) is 0. The van der Waals surface area contributed by atoms with Gasteiger partial charge in [0.25, 0.3) is 0 Å². The minimum Gasteiger partial charge on any atom is -0.396 e. The van der Waals surface area contributed by atoms with Crippen LogP contribution in [0.15, 0.2) is 6.07 Å². The standard InChI is InChI=1S/C13H22N2O/c1-11-8-12(15(2)14-11)9-13(10-16)6-4-3-5-7-13/h8,16H,3-7,9-10H2,1-2H3. The Balaban J connectivity index is 2.14. The molecule has 0 aliphatic heterocycles. The highest BCUT2D eigenvalue weighted by atomic mass is 16.3. The number of aliphatic hydroxyl groups excluding tert-OH is 1. The number of aromatic nitrogens is 2. The van der Waals surface area contributed by atoms with Gasteiger partial charge >= 0.3 is 0 Å². The topological polar surface area (TPSA) is 38.0 Å². The summed E-state index contributed by atoms with van der Waals surface area (Å²) in [6, 6.07) is 2.14. The van der Waals surface area contributed by atoms with E-state index in [9.17, 15) is 5.11 Å². The van der Waals surface area contributed by atoms with Crippen LogP contribution in [0.5, 0.6) is 0 Å². The second-order valence-electron chi connectivity index (χ2n) is 5.30. The van der Waals surface area contributed by atoms with Gasteiger partial charge in [-0.15, -0.1) is 0 Å². The predicted molar refractivity (Wildman–Crippen MR) is 64.3 cm³/mol. The van der Waals surface area contributed by atoms with Crippen LogP contribution in [0.3, 0.4) is 0 Å². The molecular weight excluding hydrogens is 200 g/mol. The van der Waals surface area contributed by atoms with Gasteiger partial charge in [-0.3, -0.25) is 4.68 Å². The zero-order valence-electron chi connectivity index (χ0n) is 10.4. The molecule has 1 saturated carbocycles. The van der Waals surface area contributed by atoms with E-state index < -0.39 is 0 Å². The second-order valence-corrected chi connectivity index (χ2v) is 5.30. The summed E-state index contributed by atoms with van der Waals surface area (Å²) in [7, 11) is 2.00. The van der Waals surface area contributed by atoms with E-state index in [-0.39, 0.29) is 5.41 Å². The van der Waals surface area contributed by atoms with Crippen LogP contribution >= 0.6 is 0 Å². The number of aryl methyl sites for hydroxylation is 2. The monoisotopic (exact) mass is 222 g/mol. The molecule has 0 unspecified atom stereocenters. The molecule has 1 aromatic heterocycles. The van der Waals surface area contributed by atoms with Gasteiger partial charge in [0.15, 0.2) is 0 Å². The van der Waals surface area contributed by atoms with E-state index in [1.807, 2.05) is 18.7 Å². The SMILES string of the molecule is Cc1cc(CC2(CO)CCCCC2)n(C)n1. The zero-order chi connectivity index (χ0) is 11.6. The summed E-state index contributed by atoms with van der Waals surface area (Å²) in [5.41, 5.74) is 2.45. The lowest BCUT2D eigenvalue weighted by Crippen LogP contribution is -2.31. The minimum absolute atomic E-state index is 0.123. The van der Waals surface area contributed by atoms with Crippen molar-refractivity contribution in [1.82, 2.24) is 9.78 Å². The highest BCUT2D eigenvalue weighted by Gasteiger charge is 2.32. The van der Waals surface area contributed by atoms with E-state index in [0.29, 0.717) is 6.61 Å². The van der Waals surface area contributed by atoms with Gasteiger partial charge in [0.05, 0.1) is 5.69 Å². The third kappa shape index (κ3) is 2.29. The number of hydrogen-bond acceptors (Lipinski definition) is 2. The van der Waals surface area contributed by atoms with Crippen molar-refractivity contribution < 1.29 is 5.11 Å². The quantitative estimate of drug-likeness (QED) is 0.851. The fraction of sp³-hybridized carbons (Fsp3) is 0.769. The Kier molecular flexibility index (Phi) is 3.33. The molecule has 0 spiro atoms. The maximum Gasteiger partial charge on any atom is 0.0596 e. The summed E-state index contributed by atoms with van der Waals surface area (Å²) in [5, 5.41) is 14.0. The first-order chi connectivity index (χ1) is 7.65. The van der Waals surface area contributed by atoms with Gasteiger partial charge in [-0.05, 0) is 37.7 Å². The van der Waals surface area contributed by atoms with Gasteiger partial charge in [0.1, 0.15) is 0 Å². The Morgan fingerprint density at radius 3 is 2.56 bits per heavy atom. The highest BCUT2D eigenvalue weighted by molar-refractivity contribution is 5.11. The molecule has 3 nitrogen and oxygen atoms in total. The van der Waals surface area contributed by atoms with Gasteiger partial charge in [-0.25, -0.2) is 0 Å². The number of nitrogens with zero attached hydrogens (tertiary/aromatic N) is 2. The van der Waals surface area contributed by atoms with Crippen LogP contribution in [0, 0.1) is 12.3 Å². The van der Waals surface area contributed by atoms with Gasteiger partial charge in [0, 0.05) is 19.3 Å². The van der Waals surface area contributed by atoms with Crippen molar-refractivity contribution in [1.29, 1.82) is 0 Å². The van der Waals surface area contributed by atoms with Crippen molar-refractivity contribution in [3.8, 4) is 0 Å². The largest absolute Gasteiger partial charge is 0.396 e. The van der Waals surface area contributed by atoms with Crippen LogP contribution in [0.25, 0.3) is 0 Å². The average molecular weight is 222 g/mol. The molecule has 1 fully saturated rings. The van der Waals surface area contributed by atoms with E-state index in [2.05, 4.69) is 11.2 Å². The van der Waals surface area contributed by atoms with Crippen molar-refractivity contribution in [2.75, 3.05) is 6.61 Å². The molecule has 1 aromatic rings. The van der Waals surface area contributed by atoms with Crippen LogP contribution < -0.4 is 0 Å². The molecule has 0 radical (unpaired) electrons. The van der Waals surface area contributed by atoms with E-state index in [1.165, 1.54) is 25.0 Å². The van der Waals surface area contributed by atoms with E-state index in [1.54, 1.807) is 0 Å². The highest BCUT2D eigenvalue weighted by Crippen LogP contribution is 2.38. The van der Waals surface area contributed by atoms with Crippen molar-refractivity contribution in [2.45, 2.75) is 45.4 Å². The predicted octanol–water partition coefficient (Wildman–Crippen LogP) is 2.21. The smallest absolute Gasteiger partial charge is 0.0596 e. The molecule has 0 atom stereocenters. The molecule has 0 bridgehead atoms. The van der Waals surface area contributed by atoms with Crippen LogP contribution in [-0.4, -0.2) is 21.5 Å².